The Morgan fingerprint density at radius 1 is 0.886 bits per heavy atom. The molecule has 0 aliphatic heterocycles. The maximum atomic E-state index is 13.6. The number of carbonyl (C=O) groups is 3. The summed E-state index contributed by atoms with van der Waals surface area (Å²) in [5.74, 6) is -2.89. The van der Waals surface area contributed by atoms with Crippen molar-refractivity contribution in [2.45, 2.75) is 63.4 Å². The molecule has 1 heterocycles. The van der Waals surface area contributed by atoms with Crippen molar-refractivity contribution in [1.82, 2.24) is 20.9 Å². The summed E-state index contributed by atoms with van der Waals surface area (Å²) in [4.78, 5) is 42.9. The third kappa shape index (κ3) is 11.5. The molecule has 0 saturated carbocycles. The SMILES string of the molecule is CCCCS(=O)(=O)CC(NC(=O)c1cccnc1)C(=O)N[C@@H](Cc1ccccc1)[C@@H](O)[C@H](O)CC(=O)NCc1ccccc1. The number of aromatic nitrogens is 1. The van der Waals surface area contributed by atoms with Crippen LogP contribution in [0, 0.1) is 0 Å². The van der Waals surface area contributed by atoms with Crippen molar-refractivity contribution in [3.05, 3.63) is 102 Å². The van der Waals surface area contributed by atoms with Gasteiger partial charge in [0.2, 0.25) is 11.8 Å². The van der Waals surface area contributed by atoms with Crippen LogP contribution in [-0.2, 0) is 32.4 Å². The van der Waals surface area contributed by atoms with E-state index in [0.29, 0.717) is 18.4 Å². The minimum atomic E-state index is -3.75. The van der Waals surface area contributed by atoms with Gasteiger partial charge in [0.05, 0.1) is 35.6 Å². The average Bonchev–Trinajstić information content (AvgIpc) is 3.03. The number of pyridine rings is 1. The first-order chi connectivity index (χ1) is 21.1. The lowest BCUT2D eigenvalue weighted by Crippen LogP contribution is -2.57. The minimum Gasteiger partial charge on any atom is -0.390 e. The third-order valence-electron chi connectivity index (χ3n) is 6.93. The lowest BCUT2D eigenvalue weighted by atomic mass is 9.95. The molecule has 1 aromatic heterocycles. The molecular weight excluding hydrogens is 584 g/mol. The summed E-state index contributed by atoms with van der Waals surface area (Å²) in [5.41, 5.74) is 1.71. The van der Waals surface area contributed by atoms with Gasteiger partial charge in [0.1, 0.15) is 12.1 Å². The first kappa shape index (κ1) is 34.4. The number of nitrogens with zero attached hydrogens (tertiary/aromatic N) is 1. The number of aliphatic hydroxyl groups is 2. The fourth-order valence-corrected chi connectivity index (χ4v) is 6.12. The van der Waals surface area contributed by atoms with E-state index in [0.717, 1.165) is 5.56 Å². The van der Waals surface area contributed by atoms with Crippen LogP contribution < -0.4 is 16.0 Å². The Hall–Kier alpha value is -4.13. The number of benzene rings is 2. The maximum Gasteiger partial charge on any atom is 0.253 e. The van der Waals surface area contributed by atoms with Crippen LogP contribution in [0.2, 0.25) is 0 Å². The lowest BCUT2D eigenvalue weighted by molar-refractivity contribution is -0.127. The van der Waals surface area contributed by atoms with Crippen molar-refractivity contribution >= 4 is 27.6 Å². The van der Waals surface area contributed by atoms with E-state index in [1.807, 2.05) is 37.3 Å². The molecule has 1 unspecified atom stereocenters. The fraction of sp³-hybridized carbons (Fsp3) is 0.375. The number of carbonyl (C=O) groups excluding carboxylic acids is 3. The summed E-state index contributed by atoms with van der Waals surface area (Å²) in [6, 6.07) is 18.4. The number of nitrogens with one attached hydrogen (secondary N) is 3. The summed E-state index contributed by atoms with van der Waals surface area (Å²) in [5, 5.41) is 29.8. The summed E-state index contributed by atoms with van der Waals surface area (Å²) in [6.07, 6.45) is 0.228. The molecule has 3 rings (SSSR count). The van der Waals surface area contributed by atoms with Gasteiger partial charge in [-0.15, -0.1) is 0 Å². The third-order valence-corrected chi connectivity index (χ3v) is 8.69. The van der Waals surface area contributed by atoms with Crippen molar-refractivity contribution in [3.63, 3.8) is 0 Å². The highest BCUT2D eigenvalue weighted by Gasteiger charge is 2.34. The van der Waals surface area contributed by atoms with Crippen molar-refractivity contribution in [2.24, 2.45) is 0 Å². The van der Waals surface area contributed by atoms with Crippen LogP contribution in [0.1, 0.15) is 47.7 Å². The molecular formula is C32H40N4O7S. The molecule has 0 radical (unpaired) electrons. The molecule has 236 valence electrons. The van der Waals surface area contributed by atoms with Crippen molar-refractivity contribution in [3.8, 4) is 0 Å². The molecule has 3 amide bonds. The van der Waals surface area contributed by atoms with Gasteiger partial charge in [-0.05, 0) is 36.1 Å². The summed E-state index contributed by atoms with van der Waals surface area (Å²) >= 11 is 0. The zero-order valence-corrected chi connectivity index (χ0v) is 25.4. The smallest absolute Gasteiger partial charge is 0.253 e. The fourth-order valence-electron chi connectivity index (χ4n) is 4.48. The van der Waals surface area contributed by atoms with E-state index in [1.165, 1.54) is 24.5 Å². The largest absolute Gasteiger partial charge is 0.390 e. The molecule has 3 aromatic rings. The lowest BCUT2D eigenvalue weighted by Gasteiger charge is -2.29. The molecule has 4 atom stereocenters. The highest BCUT2D eigenvalue weighted by Crippen LogP contribution is 2.13. The van der Waals surface area contributed by atoms with Crippen LogP contribution in [0.4, 0.5) is 0 Å². The van der Waals surface area contributed by atoms with E-state index in [2.05, 4.69) is 20.9 Å². The zero-order valence-electron chi connectivity index (χ0n) is 24.6. The van der Waals surface area contributed by atoms with E-state index in [1.54, 1.807) is 30.3 Å². The quantitative estimate of drug-likeness (QED) is 0.150. The second kappa shape index (κ2) is 17.2. The standard InChI is InChI=1S/C32H40N4O7S/c1-2-3-17-44(42,43)22-27(36-31(40)25-15-10-16-33-21-25)32(41)35-26(18-23-11-6-4-7-12-23)30(39)28(37)19-29(38)34-20-24-13-8-5-9-14-24/h4-16,21,26-28,30,37,39H,2-3,17-20,22H2,1H3,(H,34,38)(H,35,41)(H,36,40)/t26-,27?,28+,30+/m0/s1. The van der Waals surface area contributed by atoms with Gasteiger partial charge < -0.3 is 26.2 Å². The van der Waals surface area contributed by atoms with Gasteiger partial charge in [0.25, 0.3) is 5.91 Å². The number of amides is 3. The van der Waals surface area contributed by atoms with Crippen LogP contribution in [0.3, 0.4) is 0 Å². The Kier molecular flexibility index (Phi) is 13.5. The molecule has 0 fully saturated rings. The molecule has 11 nitrogen and oxygen atoms in total. The first-order valence-corrected chi connectivity index (χ1v) is 16.3. The normalized spacial score (nSPS) is 14.1. The predicted octanol–water partition coefficient (Wildman–Crippen LogP) is 1.55. The average molecular weight is 625 g/mol. The van der Waals surface area contributed by atoms with Crippen LogP contribution >= 0.6 is 0 Å². The van der Waals surface area contributed by atoms with Crippen molar-refractivity contribution in [2.75, 3.05) is 11.5 Å². The number of hydrogen-bond acceptors (Lipinski definition) is 8. The summed E-state index contributed by atoms with van der Waals surface area (Å²) < 4.78 is 25.7. The van der Waals surface area contributed by atoms with Crippen LogP contribution in [0.5, 0.6) is 0 Å². The number of hydrogen-bond donors (Lipinski definition) is 5. The zero-order chi connectivity index (χ0) is 32.0. The Morgan fingerprint density at radius 3 is 2.16 bits per heavy atom. The van der Waals surface area contributed by atoms with Crippen LogP contribution in [0.25, 0.3) is 0 Å². The van der Waals surface area contributed by atoms with Gasteiger partial charge in [0, 0.05) is 18.9 Å². The summed E-state index contributed by atoms with van der Waals surface area (Å²) in [7, 11) is -3.75. The van der Waals surface area contributed by atoms with Gasteiger partial charge >= 0.3 is 0 Å². The second-order valence-electron chi connectivity index (χ2n) is 10.6. The van der Waals surface area contributed by atoms with E-state index in [-0.39, 0.29) is 24.3 Å². The second-order valence-corrected chi connectivity index (χ2v) is 12.8. The molecule has 0 spiro atoms. The van der Waals surface area contributed by atoms with E-state index >= 15 is 0 Å². The molecule has 0 bridgehead atoms. The topological polar surface area (TPSA) is 175 Å². The van der Waals surface area contributed by atoms with Gasteiger partial charge in [-0.2, -0.15) is 0 Å². The van der Waals surface area contributed by atoms with Crippen LogP contribution in [0.15, 0.2) is 85.2 Å². The Bertz CT molecular complexity index is 1440. The van der Waals surface area contributed by atoms with Crippen LogP contribution in [-0.4, -0.2) is 77.1 Å². The van der Waals surface area contributed by atoms with Gasteiger partial charge in [0.15, 0.2) is 9.84 Å². The van der Waals surface area contributed by atoms with E-state index in [4.69, 9.17) is 0 Å². The predicted molar refractivity (Wildman–Crippen MR) is 166 cm³/mol. The first-order valence-electron chi connectivity index (χ1n) is 14.5. The molecule has 44 heavy (non-hydrogen) atoms. The highest BCUT2D eigenvalue weighted by atomic mass is 32.2. The molecule has 0 aliphatic rings. The summed E-state index contributed by atoms with van der Waals surface area (Å²) in [6.45, 7) is 2.07. The Balaban J connectivity index is 1.78. The van der Waals surface area contributed by atoms with Crippen molar-refractivity contribution in [1.29, 1.82) is 0 Å². The highest BCUT2D eigenvalue weighted by molar-refractivity contribution is 7.91. The van der Waals surface area contributed by atoms with Crippen molar-refractivity contribution < 1.29 is 33.0 Å². The molecule has 5 N–H and O–H groups in total. The molecule has 12 heteroatoms. The van der Waals surface area contributed by atoms with E-state index < -0.39 is 64.0 Å². The van der Waals surface area contributed by atoms with Gasteiger partial charge in [-0.25, -0.2) is 8.42 Å². The molecule has 0 aliphatic carbocycles. The minimum absolute atomic E-state index is 0.0578. The number of aliphatic hydroxyl groups excluding tert-OH is 2. The number of rotatable bonds is 17. The maximum absolute atomic E-state index is 13.6. The molecule has 0 saturated heterocycles. The van der Waals surface area contributed by atoms with E-state index in [9.17, 15) is 33.0 Å². The Labute approximate surface area is 258 Å². The number of unbranched alkanes of at least 4 members (excludes halogenated alkanes) is 1. The number of sulfone groups is 1. The Morgan fingerprint density at radius 2 is 1.55 bits per heavy atom. The molecule has 2 aromatic carbocycles. The van der Waals surface area contributed by atoms with Gasteiger partial charge in [-0.1, -0.05) is 74.0 Å². The van der Waals surface area contributed by atoms with Gasteiger partial charge in [-0.3, -0.25) is 19.4 Å². The monoisotopic (exact) mass is 624 g/mol.